The molecule has 4 rings (SSSR count). The van der Waals surface area contributed by atoms with Crippen molar-refractivity contribution in [1.29, 1.82) is 0 Å². The highest BCUT2D eigenvalue weighted by atomic mass is 19.1. The maximum absolute atomic E-state index is 13.3. The fourth-order valence-electron chi connectivity index (χ4n) is 4.74. The Morgan fingerprint density at radius 2 is 1.78 bits per heavy atom. The van der Waals surface area contributed by atoms with E-state index in [2.05, 4.69) is 10.2 Å². The molecule has 36 heavy (non-hydrogen) atoms. The van der Waals surface area contributed by atoms with Crippen molar-refractivity contribution in [3.05, 3.63) is 82.8 Å². The zero-order valence-electron chi connectivity index (χ0n) is 20.7. The molecule has 0 radical (unpaired) electrons. The predicted octanol–water partition coefficient (Wildman–Crippen LogP) is 3.19. The molecule has 190 valence electrons. The summed E-state index contributed by atoms with van der Waals surface area (Å²) in [4.78, 5) is 44.3. The van der Waals surface area contributed by atoms with Crippen LogP contribution >= 0.6 is 0 Å². The van der Waals surface area contributed by atoms with Crippen LogP contribution in [0.15, 0.2) is 65.9 Å². The van der Waals surface area contributed by atoms with E-state index >= 15 is 0 Å². The van der Waals surface area contributed by atoms with Gasteiger partial charge < -0.3 is 15.0 Å². The molecule has 0 saturated carbocycles. The molecule has 2 aliphatic rings. The number of halogens is 1. The van der Waals surface area contributed by atoms with Crippen molar-refractivity contribution in [2.45, 2.75) is 25.9 Å². The number of esters is 1. The van der Waals surface area contributed by atoms with Crippen LogP contribution in [0.2, 0.25) is 0 Å². The van der Waals surface area contributed by atoms with Gasteiger partial charge in [0.15, 0.2) is 0 Å². The van der Waals surface area contributed by atoms with Gasteiger partial charge in [0, 0.05) is 50.5 Å². The van der Waals surface area contributed by atoms with Gasteiger partial charge in [-0.1, -0.05) is 30.3 Å². The molecule has 3 amide bonds. The Labute approximate surface area is 210 Å². The van der Waals surface area contributed by atoms with Crippen LogP contribution in [0, 0.1) is 5.82 Å². The third-order valence-electron chi connectivity index (χ3n) is 6.64. The molecule has 1 fully saturated rings. The quantitative estimate of drug-likeness (QED) is 0.624. The number of hydrogen-bond donors (Lipinski definition) is 1. The topological polar surface area (TPSA) is 82.2 Å². The normalized spacial score (nSPS) is 20.8. The van der Waals surface area contributed by atoms with Crippen molar-refractivity contribution in [2.75, 3.05) is 39.8 Å². The summed E-state index contributed by atoms with van der Waals surface area (Å²) in [6, 6.07) is 13.9. The van der Waals surface area contributed by atoms with E-state index in [-0.39, 0.29) is 30.4 Å². The maximum atomic E-state index is 13.3. The molecule has 2 heterocycles. The van der Waals surface area contributed by atoms with E-state index in [1.165, 1.54) is 29.2 Å². The number of ether oxygens (including phenoxy) is 1. The van der Waals surface area contributed by atoms with E-state index in [9.17, 15) is 18.8 Å². The molecule has 0 aromatic heterocycles. The first-order valence-electron chi connectivity index (χ1n) is 12.1. The average molecular weight is 495 g/mol. The van der Waals surface area contributed by atoms with Crippen LogP contribution in [0.25, 0.3) is 0 Å². The highest BCUT2D eigenvalue weighted by Crippen LogP contribution is 2.31. The van der Waals surface area contributed by atoms with Gasteiger partial charge >= 0.3 is 12.0 Å². The monoisotopic (exact) mass is 494 g/mol. The van der Waals surface area contributed by atoms with Crippen molar-refractivity contribution in [3.8, 4) is 0 Å². The Hall–Kier alpha value is -3.72. The number of nitrogens with zero attached hydrogens (tertiary/aromatic N) is 3. The Balaban J connectivity index is 1.58. The van der Waals surface area contributed by atoms with Gasteiger partial charge in [-0.3, -0.25) is 14.6 Å². The highest BCUT2D eigenvalue weighted by molar-refractivity contribution is 5.95. The maximum Gasteiger partial charge on any atom is 0.338 e. The van der Waals surface area contributed by atoms with Crippen molar-refractivity contribution in [1.82, 2.24) is 20.0 Å². The number of hydrogen-bond acceptors (Lipinski definition) is 5. The summed E-state index contributed by atoms with van der Waals surface area (Å²) in [7, 11) is 1.64. The van der Waals surface area contributed by atoms with E-state index in [1.807, 2.05) is 37.3 Å². The molecule has 1 saturated heterocycles. The zero-order valence-corrected chi connectivity index (χ0v) is 20.7. The predicted molar refractivity (Wildman–Crippen MR) is 132 cm³/mol. The average Bonchev–Trinajstić information content (AvgIpc) is 2.87. The third-order valence-corrected chi connectivity index (χ3v) is 6.64. The minimum atomic E-state index is -0.622. The molecular formula is C27H31FN4O4. The van der Waals surface area contributed by atoms with Gasteiger partial charge in [0.05, 0.1) is 18.2 Å². The van der Waals surface area contributed by atoms with Crippen molar-refractivity contribution >= 4 is 17.9 Å². The summed E-state index contributed by atoms with van der Waals surface area (Å²) in [5.41, 5.74) is 2.22. The molecule has 0 spiro atoms. The van der Waals surface area contributed by atoms with E-state index in [0.29, 0.717) is 43.0 Å². The number of nitrogens with one attached hydrogen (secondary N) is 1. The molecular weight excluding hydrogens is 463 g/mol. The summed E-state index contributed by atoms with van der Waals surface area (Å²) in [5, 5.41) is 2.92. The van der Waals surface area contributed by atoms with Crippen LogP contribution in [-0.4, -0.2) is 78.5 Å². The van der Waals surface area contributed by atoms with E-state index in [4.69, 9.17) is 4.74 Å². The van der Waals surface area contributed by atoms with Gasteiger partial charge in [-0.15, -0.1) is 0 Å². The minimum absolute atomic E-state index is 0.115. The molecule has 0 aliphatic carbocycles. The standard InChI is InChI=1S/C27H31FN4O4/c1-4-36-26(34)23-22(30(3)27(35)29-24(23)19-8-6-5-7-9-19)17-31-14-15-32(18(2)16-31)25(33)20-10-12-21(28)13-11-20/h5-13,18,24H,4,14-17H2,1-3H3,(H,29,35)/t18-,24-/m1/s1. The van der Waals surface area contributed by atoms with Crippen molar-refractivity contribution < 1.29 is 23.5 Å². The van der Waals surface area contributed by atoms with Gasteiger partial charge in [0.1, 0.15) is 5.82 Å². The number of rotatable bonds is 6. The summed E-state index contributed by atoms with van der Waals surface area (Å²) >= 11 is 0. The van der Waals surface area contributed by atoms with Crippen molar-refractivity contribution in [3.63, 3.8) is 0 Å². The van der Waals surface area contributed by atoms with Gasteiger partial charge in [0.25, 0.3) is 5.91 Å². The van der Waals surface area contributed by atoms with Gasteiger partial charge in [-0.05, 0) is 43.7 Å². The van der Waals surface area contributed by atoms with E-state index in [1.54, 1.807) is 18.9 Å². The lowest BCUT2D eigenvalue weighted by Gasteiger charge is -2.42. The number of amides is 3. The molecule has 8 nitrogen and oxygen atoms in total. The molecule has 9 heteroatoms. The van der Waals surface area contributed by atoms with Gasteiger partial charge in [-0.2, -0.15) is 0 Å². The molecule has 2 aromatic rings. The second-order valence-corrected chi connectivity index (χ2v) is 9.02. The van der Waals surface area contributed by atoms with Crippen LogP contribution in [-0.2, 0) is 9.53 Å². The molecule has 2 aliphatic heterocycles. The smallest absolute Gasteiger partial charge is 0.338 e. The second-order valence-electron chi connectivity index (χ2n) is 9.02. The van der Waals surface area contributed by atoms with Crippen LogP contribution in [0.1, 0.15) is 35.8 Å². The lowest BCUT2D eigenvalue weighted by Crippen LogP contribution is -2.56. The number of piperazine rings is 1. The Kier molecular flexibility index (Phi) is 7.69. The summed E-state index contributed by atoms with van der Waals surface area (Å²) in [6.07, 6.45) is 0. The number of benzene rings is 2. The number of carbonyl (C=O) groups excluding carboxylic acids is 3. The number of carbonyl (C=O) groups is 3. The van der Waals surface area contributed by atoms with Gasteiger partial charge in [-0.25, -0.2) is 14.0 Å². The Morgan fingerprint density at radius 1 is 1.08 bits per heavy atom. The second kappa shape index (κ2) is 10.9. The first-order valence-corrected chi connectivity index (χ1v) is 12.1. The Bertz CT molecular complexity index is 1150. The first kappa shape index (κ1) is 25.4. The van der Waals surface area contributed by atoms with Crippen LogP contribution in [0.3, 0.4) is 0 Å². The van der Waals surface area contributed by atoms with Crippen LogP contribution in [0.4, 0.5) is 9.18 Å². The Morgan fingerprint density at radius 3 is 2.42 bits per heavy atom. The summed E-state index contributed by atoms with van der Waals surface area (Å²) in [5.74, 6) is -0.997. The molecule has 2 aromatic carbocycles. The molecule has 2 atom stereocenters. The van der Waals surface area contributed by atoms with Crippen LogP contribution in [0.5, 0.6) is 0 Å². The fourth-order valence-corrected chi connectivity index (χ4v) is 4.74. The lowest BCUT2D eigenvalue weighted by atomic mass is 9.94. The number of likely N-dealkylation sites (N-methyl/N-ethyl adjacent to an activating group) is 1. The van der Waals surface area contributed by atoms with E-state index in [0.717, 1.165) is 5.56 Å². The largest absolute Gasteiger partial charge is 0.463 e. The van der Waals surface area contributed by atoms with Gasteiger partial charge in [0.2, 0.25) is 0 Å². The molecule has 0 unspecified atom stereocenters. The van der Waals surface area contributed by atoms with Crippen LogP contribution < -0.4 is 5.32 Å². The molecule has 1 N–H and O–H groups in total. The number of urea groups is 1. The first-order chi connectivity index (χ1) is 17.3. The summed E-state index contributed by atoms with van der Waals surface area (Å²) < 4.78 is 18.7. The lowest BCUT2D eigenvalue weighted by molar-refractivity contribution is -0.139. The SMILES string of the molecule is CCOC(=O)C1=C(CN2CCN(C(=O)c3ccc(F)cc3)[C@H](C)C2)N(C)C(=O)N[C@@H]1c1ccccc1. The van der Waals surface area contributed by atoms with Crippen molar-refractivity contribution in [2.24, 2.45) is 0 Å². The summed E-state index contributed by atoms with van der Waals surface area (Å²) in [6.45, 7) is 5.86. The fraction of sp³-hybridized carbons (Fsp3) is 0.370. The zero-order chi connectivity index (χ0) is 25.8. The van der Waals surface area contributed by atoms with E-state index < -0.39 is 12.0 Å². The highest BCUT2D eigenvalue weighted by Gasteiger charge is 2.38. The third kappa shape index (κ3) is 5.26. The minimum Gasteiger partial charge on any atom is -0.463 e. The molecule has 0 bridgehead atoms.